The molecule has 0 spiro atoms. The number of hydrogen-bond donors (Lipinski definition) is 2. The molecule has 0 aliphatic heterocycles. The highest BCUT2D eigenvalue weighted by atomic mass is 19.4. The summed E-state index contributed by atoms with van der Waals surface area (Å²) in [5.41, 5.74) is -4.31. The van der Waals surface area contributed by atoms with Gasteiger partial charge in [-0.15, -0.1) is 0 Å². The van der Waals surface area contributed by atoms with Gasteiger partial charge in [0.05, 0.1) is 12.3 Å². The third kappa shape index (κ3) is 1.90. The Morgan fingerprint density at radius 2 is 2.19 bits per heavy atom. The molecule has 2 N–H and O–H groups in total. The van der Waals surface area contributed by atoms with E-state index in [1.807, 2.05) is 0 Å². The van der Waals surface area contributed by atoms with E-state index < -0.39 is 23.4 Å². The van der Waals surface area contributed by atoms with E-state index in [4.69, 9.17) is 0 Å². The van der Waals surface area contributed by atoms with Gasteiger partial charge in [0.25, 0.3) is 5.60 Å². The van der Waals surface area contributed by atoms with Crippen LogP contribution in [0.15, 0.2) is 18.3 Å². The van der Waals surface area contributed by atoms with Crippen molar-refractivity contribution in [3.05, 3.63) is 24.0 Å². The van der Waals surface area contributed by atoms with Gasteiger partial charge in [-0.1, -0.05) is 0 Å². The Morgan fingerprint density at radius 3 is 2.56 bits per heavy atom. The Kier molecular flexibility index (Phi) is 3.27. The number of esters is 1. The van der Waals surface area contributed by atoms with E-state index in [2.05, 4.69) is 9.72 Å². The maximum absolute atomic E-state index is 12.7. The molecule has 1 rings (SSSR count). The fourth-order valence-corrected chi connectivity index (χ4v) is 1.17. The summed E-state index contributed by atoms with van der Waals surface area (Å²) >= 11 is 0. The number of alkyl halides is 3. The van der Waals surface area contributed by atoms with Crippen molar-refractivity contribution in [2.75, 3.05) is 6.61 Å². The topological polar surface area (TPSA) is 62.3 Å². The van der Waals surface area contributed by atoms with E-state index in [1.165, 1.54) is 19.2 Å². The zero-order valence-corrected chi connectivity index (χ0v) is 8.34. The molecule has 0 amide bonds. The van der Waals surface area contributed by atoms with Gasteiger partial charge >= 0.3 is 12.1 Å². The van der Waals surface area contributed by atoms with Crippen LogP contribution in [-0.2, 0) is 15.1 Å². The number of halogens is 3. The molecular formula is C9H10F3NO3. The zero-order chi connectivity index (χ0) is 12.4. The normalized spacial score (nSPS) is 15.6. The third-order valence-electron chi connectivity index (χ3n) is 1.97. The molecule has 16 heavy (non-hydrogen) atoms. The van der Waals surface area contributed by atoms with Gasteiger partial charge < -0.3 is 14.8 Å². The molecule has 1 aromatic rings. The molecular weight excluding hydrogens is 227 g/mol. The third-order valence-corrected chi connectivity index (χ3v) is 1.97. The highest BCUT2D eigenvalue weighted by Gasteiger charge is 2.63. The lowest BCUT2D eigenvalue weighted by atomic mass is 9.99. The standard InChI is InChI=1S/C9H10F3NO3/c1-2-16-7(14)8(15,9(10,11)12)6-4-3-5-13-6/h3-5,13,15H,2H2,1H3. The van der Waals surface area contributed by atoms with Gasteiger partial charge in [-0.2, -0.15) is 13.2 Å². The molecule has 0 saturated heterocycles. The van der Waals surface area contributed by atoms with Gasteiger partial charge in [-0.25, -0.2) is 4.79 Å². The number of carbonyl (C=O) groups is 1. The molecule has 1 aromatic heterocycles. The highest BCUT2D eigenvalue weighted by Crippen LogP contribution is 2.39. The van der Waals surface area contributed by atoms with Gasteiger partial charge in [0.15, 0.2) is 0 Å². The second kappa shape index (κ2) is 4.17. The molecule has 1 atom stereocenters. The van der Waals surface area contributed by atoms with Crippen molar-refractivity contribution in [1.82, 2.24) is 4.98 Å². The second-order valence-electron chi connectivity index (χ2n) is 3.01. The molecule has 0 aromatic carbocycles. The number of ether oxygens (including phenoxy) is 1. The van der Waals surface area contributed by atoms with Crippen LogP contribution >= 0.6 is 0 Å². The van der Waals surface area contributed by atoms with Crippen LogP contribution in [0.3, 0.4) is 0 Å². The summed E-state index contributed by atoms with van der Waals surface area (Å²) < 4.78 is 42.2. The molecule has 0 aliphatic carbocycles. The number of H-pyrrole nitrogens is 1. The number of aromatic amines is 1. The van der Waals surface area contributed by atoms with E-state index in [0.29, 0.717) is 0 Å². The Labute approximate surface area is 89.0 Å². The molecule has 0 bridgehead atoms. The summed E-state index contributed by atoms with van der Waals surface area (Å²) in [6, 6.07) is 2.20. The average molecular weight is 237 g/mol. The first-order chi connectivity index (χ1) is 7.34. The number of aromatic nitrogens is 1. The number of nitrogens with one attached hydrogen (secondary N) is 1. The van der Waals surface area contributed by atoms with Gasteiger partial charge in [-0.3, -0.25) is 0 Å². The minimum Gasteiger partial charge on any atom is -0.463 e. The molecule has 0 saturated carbocycles. The Balaban J connectivity index is 3.19. The quantitative estimate of drug-likeness (QED) is 0.779. The molecule has 7 heteroatoms. The Bertz CT molecular complexity index is 361. The molecule has 90 valence electrons. The lowest BCUT2D eigenvalue weighted by molar-refractivity contribution is -0.269. The van der Waals surface area contributed by atoms with Gasteiger partial charge in [0.2, 0.25) is 0 Å². The van der Waals surface area contributed by atoms with E-state index >= 15 is 0 Å². The summed E-state index contributed by atoms with van der Waals surface area (Å²) in [5, 5.41) is 9.48. The minimum atomic E-state index is -5.15. The number of carbonyl (C=O) groups excluding carboxylic acids is 1. The van der Waals surface area contributed by atoms with Crippen molar-refractivity contribution in [1.29, 1.82) is 0 Å². The fraction of sp³-hybridized carbons (Fsp3) is 0.444. The van der Waals surface area contributed by atoms with Crippen molar-refractivity contribution >= 4 is 5.97 Å². The predicted molar refractivity (Wildman–Crippen MR) is 47.4 cm³/mol. The van der Waals surface area contributed by atoms with Crippen molar-refractivity contribution in [3.8, 4) is 0 Å². The monoisotopic (exact) mass is 237 g/mol. The Hall–Kier alpha value is -1.50. The first-order valence-corrected chi connectivity index (χ1v) is 4.44. The lowest BCUT2D eigenvalue weighted by Gasteiger charge is -2.26. The van der Waals surface area contributed by atoms with Crippen LogP contribution < -0.4 is 0 Å². The van der Waals surface area contributed by atoms with E-state index in [1.54, 1.807) is 0 Å². The molecule has 4 nitrogen and oxygen atoms in total. The SMILES string of the molecule is CCOC(=O)C(O)(c1ccc[nH]1)C(F)(F)F. The van der Waals surface area contributed by atoms with Crippen LogP contribution in [0.4, 0.5) is 13.2 Å². The van der Waals surface area contributed by atoms with Crippen LogP contribution in [0.5, 0.6) is 0 Å². The van der Waals surface area contributed by atoms with Crippen LogP contribution in [-0.4, -0.2) is 28.8 Å². The number of aliphatic hydroxyl groups is 1. The summed E-state index contributed by atoms with van der Waals surface area (Å²) in [5.74, 6) is -1.75. The van der Waals surface area contributed by atoms with Gasteiger partial charge in [0, 0.05) is 6.20 Å². The van der Waals surface area contributed by atoms with E-state index in [0.717, 1.165) is 6.07 Å². The molecule has 0 fully saturated rings. The largest absolute Gasteiger partial charge is 0.463 e. The highest BCUT2D eigenvalue weighted by molar-refractivity contribution is 5.81. The van der Waals surface area contributed by atoms with Crippen LogP contribution in [0, 0.1) is 0 Å². The number of rotatable bonds is 3. The van der Waals surface area contributed by atoms with E-state index in [-0.39, 0.29) is 6.61 Å². The van der Waals surface area contributed by atoms with Gasteiger partial charge in [-0.05, 0) is 19.1 Å². The fourth-order valence-electron chi connectivity index (χ4n) is 1.17. The average Bonchev–Trinajstić information content (AvgIpc) is 2.67. The summed E-state index contributed by atoms with van der Waals surface area (Å²) in [6.45, 7) is 1.10. The van der Waals surface area contributed by atoms with Crippen molar-refractivity contribution in [2.45, 2.75) is 18.7 Å². The maximum Gasteiger partial charge on any atom is 0.434 e. The maximum atomic E-state index is 12.7. The summed E-state index contributed by atoms with van der Waals surface area (Å²) in [6.07, 6.45) is -3.98. The van der Waals surface area contributed by atoms with Crippen LogP contribution in [0.25, 0.3) is 0 Å². The summed E-state index contributed by atoms with van der Waals surface area (Å²) in [7, 11) is 0. The zero-order valence-electron chi connectivity index (χ0n) is 8.34. The van der Waals surface area contributed by atoms with Crippen molar-refractivity contribution in [3.63, 3.8) is 0 Å². The van der Waals surface area contributed by atoms with Gasteiger partial charge in [0.1, 0.15) is 0 Å². The van der Waals surface area contributed by atoms with Crippen molar-refractivity contribution in [2.24, 2.45) is 0 Å². The first kappa shape index (κ1) is 12.6. The lowest BCUT2D eigenvalue weighted by Crippen LogP contribution is -2.50. The van der Waals surface area contributed by atoms with E-state index in [9.17, 15) is 23.1 Å². The second-order valence-corrected chi connectivity index (χ2v) is 3.01. The van der Waals surface area contributed by atoms with Crippen molar-refractivity contribution < 1.29 is 27.8 Å². The Morgan fingerprint density at radius 1 is 1.56 bits per heavy atom. The molecule has 1 heterocycles. The summed E-state index contributed by atoms with van der Waals surface area (Å²) in [4.78, 5) is 13.4. The number of hydrogen-bond acceptors (Lipinski definition) is 3. The van der Waals surface area contributed by atoms with Crippen LogP contribution in [0.2, 0.25) is 0 Å². The minimum absolute atomic E-state index is 0.252. The molecule has 0 aliphatic rings. The molecule has 1 unspecified atom stereocenters. The molecule has 0 radical (unpaired) electrons. The predicted octanol–water partition coefficient (Wildman–Crippen LogP) is 1.33. The first-order valence-electron chi connectivity index (χ1n) is 4.44. The van der Waals surface area contributed by atoms with Crippen LogP contribution in [0.1, 0.15) is 12.6 Å². The smallest absolute Gasteiger partial charge is 0.434 e.